The van der Waals surface area contributed by atoms with Gasteiger partial charge in [0.15, 0.2) is 0 Å². The predicted octanol–water partition coefficient (Wildman–Crippen LogP) is 2.94. The first kappa shape index (κ1) is 8.60. The maximum absolute atomic E-state index is 5.84. The minimum absolute atomic E-state index is 0.189. The first-order valence-electron chi connectivity index (χ1n) is 3.77. The summed E-state index contributed by atoms with van der Waals surface area (Å²) in [6.45, 7) is 8.71. The number of nitrogen functional groups attached to an aromatic ring is 1. The SMILES string of the molecule is Cc1scc(N)c1C(C)(C)C. The molecule has 1 aromatic heterocycles. The lowest BCUT2D eigenvalue weighted by Crippen LogP contribution is -2.13. The number of nitrogens with two attached hydrogens (primary N) is 1. The van der Waals surface area contributed by atoms with E-state index in [0.29, 0.717) is 0 Å². The lowest BCUT2D eigenvalue weighted by molar-refractivity contribution is 0.591. The summed E-state index contributed by atoms with van der Waals surface area (Å²) in [5, 5.41) is 2.02. The molecular weight excluding hydrogens is 154 g/mol. The van der Waals surface area contributed by atoms with Crippen LogP contribution in [0.1, 0.15) is 31.2 Å². The molecule has 1 heterocycles. The van der Waals surface area contributed by atoms with Gasteiger partial charge in [-0.1, -0.05) is 20.8 Å². The minimum Gasteiger partial charge on any atom is -0.398 e. The van der Waals surface area contributed by atoms with Gasteiger partial charge < -0.3 is 5.73 Å². The van der Waals surface area contributed by atoms with Gasteiger partial charge >= 0.3 is 0 Å². The maximum atomic E-state index is 5.84. The molecule has 2 heteroatoms. The van der Waals surface area contributed by atoms with Crippen LogP contribution in [-0.4, -0.2) is 0 Å². The second-order valence-corrected chi connectivity index (χ2v) is 4.96. The molecule has 1 rings (SSSR count). The Morgan fingerprint density at radius 3 is 2.09 bits per heavy atom. The van der Waals surface area contributed by atoms with Gasteiger partial charge in [0.05, 0.1) is 0 Å². The van der Waals surface area contributed by atoms with Gasteiger partial charge in [0.2, 0.25) is 0 Å². The van der Waals surface area contributed by atoms with Crippen LogP contribution in [0, 0.1) is 6.92 Å². The number of aryl methyl sites for hydroxylation is 1. The van der Waals surface area contributed by atoms with E-state index in [-0.39, 0.29) is 5.41 Å². The lowest BCUT2D eigenvalue weighted by atomic mass is 9.86. The van der Waals surface area contributed by atoms with Gasteiger partial charge in [-0.2, -0.15) is 0 Å². The summed E-state index contributed by atoms with van der Waals surface area (Å²) in [6.07, 6.45) is 0. The molecule has 0 saturated heterocycles. The summed E-state index contributed by atoms with van der Waals surface area (Å²) in [5.41, 5.74) is 8.28. The summed E-state index contributed by atoms with van der Waals surface area (Å²) in [7, 11) is 0. The Bertz CT molecular complexity index is 236. The molecule has 0 aliphatic heterocycles. The third-order valence-corrected chi connectivity index (χ3v) is 2.68. The second kappa shape index (κ2) is 2.52. The molecular formula is C9H15NS. The Hall–Kier alpha value is -0.500. The second-order valence-electron chi connectivity index (χ2n) is 3.87. The zero-order valence-corrected chi connectivity index (χ0v) is 8.38. The molecule has 1 aromatic rings. The average molecular weight is 169 g/mol. The summed E-state index contributed by atoms with van der Waals surface area (Å²) in [5.74, 6) is 0. The van der Waals surface area contributed by atoms with E-state index in [1.165, 1.54) is 10.4 Å². The van der Waals surface area contributed by atoms with Crippen molar-refractivity contribution in [3.8, 4) is 0 Å². The van der Waals surface area contributed by atoms with Gasteiger partial charge in [-0.15, -0.1) is 11.3 Å². The molecule has 0 aromatic carbocycles. The van der Waals surface area contributed by atoms with Crippen LogP contribution in [0.15, 0.2) is 5.38 Å². The number of thiophene rings is 1. The highest BCUT2D eigenvalue weighted by atomic mass is 32.1. The highest BCUT2D eigenvalue weighted by Gasteiger charge is 2.20. The van der Waals surface area contributed by atoms with Crippen molar-refractivity contribution < 1.29 is 0 Å². The number of anilines is 1. The first-order valence-corrected chi connectivity index (χ1v) is 4.65. The van der Waals surface area contributed by atoms with E-state index in [4.69, 9.17) is 5.73 Å². The summed E-state index contributed by atoms with van der Waals surface area (Å²) >= 11 is 1.73. The molecule has 0 unspecified atom stereocenters. The molecule has 0 spiro atoms. The molecule has 0 bridgehead atoms. The highest BCUT2D eigenvalue weighted by molar-refractivity contribution is 7.10. The Balaban J connectivity index is 3.21. The van der Waals surface area contributed by atoms with Crippen molar-refractivity contribution in [1.82, 2.24) is 0 Å². The smallest absolute Gasteiger partial charge is 0.0463 e. The molecule has 0 fully saturated rings. The molecule has 2 N–H and O–H groups in total. The van der Waals surface area contributed by atoms with E-state index >= 15 is 0 Å². The zero-order chi connectivity index (χ0) is 8.65. The Morgan fingerprint density at radius 1 is 1.36 bits per heavy atom. The van der Waals surface area contributed by atoms with E-state index in [1.807, 2.05) is 5.38 Å². The fraction of sp³-hybridized carbons (Fsp3) is 0.556. The Labute approximate surface area is 72.2 Å². The predicted molar refractivity (Wildman–Crippen MR) is 52.2 cm³/mol. The van der Waals surface area contributed by atoms with Crippen LogP contribution in [-0.2, 0) is 5.41 Å². The maximum Gasteiger partial charge on any atom is 0.0463 e. The van der Waals surface area contributed by atoms with Crippen molar-refractivity contribution in [2.24, 2.45) is 0 Å². The fourth-order valence-electron chi connectivity index (χ4n) is 1.43. The van der Waals surface area contributed by atoms with Crippen molar-refractivity contribution in [3.63, 3.8) is 0 Å². The van der Waals surface area contributed by atoms with E-state index in [0.717, 1.165) is 5.69 Å². The average Bonchev–Trinajstić information content (AvgIpc) is 2.08. The van der Waals surface area contributed by atoms with Gasteiger partial charge in [0.1, 0.15) is 0 Å². The number of hydrogen-bond acceptors (Lipinski definition) is 2. The zero-order valence-electron chi connectivity index (χ0n) is 7.56. The Kier molecular flexibility index (Phi) is 1.97. The monoisotopic (exact) mass is 169 g/mol. The highest BCUT2D eigenvalue weighted by Crippen LogP contribution is 2.34. The van der Waals surface area contributed by atoms with Gasteiger partial charge in [-0.05, 0) is 17.9 Å². The first-order chi connectivity index (χ1) is 4.93. The summed E-state index contributed by atoms with van der Waals surface area (Å²) in [6, 6.07) is 0. The topological polar surface area (TPSA) is 26.0 Å². The molecule has 0 saturated carbocycles. The fourth-order valence-corrected chi connectivity index (χ4v) is 2.40. The summed E-state index contributed by atoms with van der Waals surface area (Å²) < 4.78 is 0. The van der Waals surface area contributed by atoms with Crippen molar-refractivity contribution in [3.05, 3.63) is 15.8 Å². The number of rotatable bonds is 0. The normalized spacial score (nSPS) is 12.0. The molecule has 0 amide bonds. The van der Waals surface area contributed by atoms with Crippen molar-refractivity contribution in [2.75, 3.05) is 5.73 Å². The van der Waals surface area contributed by atoms with Gasteiger partial charge in [0.25, 0.3) is 0 Å². The molecule has 1 nitrogen and oxygen atoms in total. The van der Waals surface area contributed by atoms with Crippen molar-refractivity contribution >= 4 is 17.0 Å². The van der Waals surface area contributed by atoms with Crippen LogP contribution in [0.25, 0.3) is 0 Å². The summed E-state index contributed by atoms with van der Waals surface area (Å²) in [4.78, 5) is 1.34. The largest absolute Gasteiger partial charge is 0.398 e. The molecule has 11 heavy (non-hydrogen) atoms. The van der Waals surface area contributed by atoms with Gasteiger partial charge in [-0.25, -0.2) is 0 Å². The van der Waals surface area contributed by atoms with E-state index < -0.39 is 0 Å². The minimum atomic E-state index is 0.189. The van der Waals surface area contributed by atoms with Crippen LogP contribution < -0.4 is 5.73 Å². The van der Waals surface area contributed by atoms with Gasteiger partial charge in [0, 0.05) is 15.9 Å². The third-order valence-electron chi connectivity index (χ3n) is 1.75. The molecule has 0 aliphatic rings. The van der Waals surface area contributed by atoms with E-state index in [1.54, 1.807) is 11.3 Å². The number of hydrogen-bond donors (Lipinski definition) is 1. The lowest BCUT2D eigenvalue weighted by Gasteiger charge is -2.19. The van der Waals surface area contributed by atoms with Gasteiger partial charge in [-0.3, -0.25) is 0 Å². The molecule has 62 valence electrons. The van der Waals surface area contributed by atoms with Crippen LogP contribution in [0.5, 0.6) is 0 Å². The van der Waals surface area contributed by atoms with Crippen LogP contribution >= 0.6 is 11.3 Å². The molecule has 0 aliphatic carbocycles. The van der Waals surface area contributed by atoms with Crippen molar-refractivity contribution in [1.29, 1.82) is 0 Å². The van der Waals surface area contributed by atoms with Crippen LogP contribution in [0.3, 0.4) is 0 Å². The van der Waals surface area contributed by atoms with E-state index in [9.17, 15) is 0 Å². The van der Waals surface area contributed by atoms with Crippen LogP contribution in [0.4, 0.5) is 5.69 Å². The molecule has 0 atom stereocenters. The quantitative estimate of drug-likeness (QED) is 0.635. The third kappa shape index (κ3) is 1.56. The van der Waals surface area contributed by atoms with E-state index in [2.05, 4.69) is 27.7 Å². The standard InChI is InChI=1S/C9H15NS/c1-6-8(9(2,3)4)7(10)5-11-6/h5H,10H2,1-4H3. The molecule has 0 radical (unpaired) electrons. The van der Waals surface area contributed by atoms with Crippen LogP contribution in [0.2, 0.25) is 0 Å². The van der Waals surface area contributed by atoms with Crippen molar-refractivity contribution in [2.45, 2.75) is 33.1 Å². The Morgan fingerprint density at radius 2 is 1.91 bits per heavy atom.